The fraction of sp³-hybridized carbons (Fsp3) is 0. The average molecular weight is 205 g/mol. The summed E-state index contributed by atoms with van der Waals surface area (Å²) in [5, 5.41) is 0. The zero-order chi connectivity index (χ0) is 7.21. The van der Waals surface area contributed by atoms with Crippen molar-refractivity contribution in [2.45, 2.75) is 0 Å². The van der Waals surface area contributed by atoms with Gasteiger partial charge in [0.1, 0.15) is 0 Å². The molecule has 0 aromatic rings. The predicted molar refractivity (Wildman–Crippen MR) is 12.3 cm³/mol. The SMILES string of the molecule is O=P([O-])(O)F.[Na+].[O]=[V]=[O]. The van der Waals surface area contributed by atoms with Crippen LogP contribution in [0.5, 0.6) is 0 Å². The Morgan fingerprint density at radius 3 is 1.56 bits per heavy atom. The Kier molecular flexibility index (Phi) is 17.2. The van der Waals surface area contributed by atoms with Gasteiger partial charge in [-0.2, -0.15) is 4.20 Å². The van der Waals surface area contributed by atoms with Crippen molar-refractivity contribution in [3.05, 3.63) is 0 Å². The second-order valence-corrected chi connectivity index (χ2v) is 1.66. The molecule has 0 rings (SSSR count). The van der Waals surface area contributed by atoms with Crippen LogP contribution < -0.4 is 34.5 Å². The Hall–Kier alpha value is 1.26. The van der Waals surface area contributed by atoms with E-state index in [-0.39, 0.29) is 29.6 Å². The van der Waals surface area contributed by atoms with Crippen molar-refractivity contribution < 1.29 is 71.6 Å². The summed E-state index contributed by atoms with van der Waals surface area (Å²) in [7, 11) is -5.39. The molecule has 0 heterocycles. The van der Waals surface area contributed by atoms with Crippen LogP contribution in [-0.2, 0) is 28.1 Å². The van der Waals surface area contributed by atoms with Crippen molar-refractivity contribution in [3.8, 4) is 0 Å². The third-order valence-electron chi connectivity index (χ3n) is 0. The van der Waals surface area contributed by atoms with Gasteiger partial charge in [0.25, 0.3) is 0 Å². The van der Waals surface area contributed by atoms with Gasteiger partial charge in [-0.15, -0.1) is 0 Å². The molecule has 0 spiro atoms. The van der Waals surface area contributed by atoms with Gasteiger partial charge < -0.3 is 9.79 Å². The van der Waals surface area contributed by atoms with Crippen LogP contribution in [0.15, 0.2) is 0 Å². The molecular formula is HFNaO5PV. The van der Waals surface area contributed by atoms with Crippen molar-refractivity contribution in [2.75, 3.05) is 0 Å². The van der Waals surface area contributed by atoms with Crippen LogP contribution in [0.4, 0.5) is 4.20 Å². The van der Waals surface area contributed by atoms with Gasteiger partial charge in [0, 0.05) is 0 Å². The fourth-order valence-electron chi connectivity index (χ4n) is 0. The summed E-state index contributed by atoms with van der Waals surface area (Å²) in [5.41, 5.74) is 0. The number of rotatable bonds is 0. The Bertz CT molecular complexity index is 115. The van der Waals surface area contributed by atoms with E-state index in [1.54, 1.807) is 0 Å². The molecule has 5 nitrogen and oxygen atoms in total. The quantitative estimate of drug-likeness (QED) is 0.323. The van der Waals surface area contributed by atoms with Crippen LogP contribution in [-0.4, -0.2) is 4.89 Å². The summed E-state index contributed by atoms with van der Waals surface area (Å²) >= 11 is -1.81. The first-order valence-electron chi connectivity index (χ1n) is 1.10. The Balaban J connectivity index is -0.0000000800. The predicted octanol–water partition coefficient (Wildman–Crippen LogP) is -3.82. The maximum absolute atomic E-state index is 10.2. The molecule has 0 saturated heterocycles. The second-order valence-electron chi connectivity index (χ2n) is 0.526. The molecule has 0 bridgehead atoms. The van der Waals surface area contributed by atoms with Crippen LogP contribution in [0.1, 0.15) is 0 Å². The van der Waals surface area contributed by atoms with E-state index in [0.717, 1.165) is 0 Å². The first-order valence-corrected chi connectivity index (χ1v) is 3.71. The fourth-order valence-corrected chi connectivity index (χ4v) is 0. The van der Waals surface area contributed by atoms with Gasteiger partial charge in [-0.25, -0.2) is 0 Å². The molecule has 49 valence electrons. The summed E-state index contributed by atoms with van der Waals surface area (Å²) in [6, 6.07) is 0. The van der Waals surface area contributed by atoms with Crippen molar-refractivity contribution in [3.63, 3.8) is 0 Å². The number of hydrogen-bond donors (Lipinski definition) is 1. The first-order chi connectivity index (χ1) is 3.41. The van der Waals surface area contributed by atoms with E-state index in [4.69, 9.17) is 21.7 Å². The van der Waals surface area contributed by atoms with Gasteiger partial charge in [-0.3, -0.25) is 4.57 Å². The van der Waals surface area contributed by atoms with E-state index in [1.807, 2.05) is 0 Å². The topological polar surface area (TPSA) is 94.5 Å². The molecule has 0 aliphatic heterocycles. The summed E-state index contributed by atoms with van der Waals surface area (Å²) in [6.45, 7) is 0. The Morgan fingerprint density at radius 1 is 1.56 bits per heavy atom. The standard InChI is InChI=1S/FH2O3P.Na.2O.V/c1-5(2,3)4;;;;/h(H2,2,3,4);;;;/q;+1;;;/p-1. The molecule has 0 fully saturated rings. The van der Waals surface area contributed by atoms with Gasteiger partial charge in [0.2, 0.25) is 0 Å². The summed E-state index contributed by atoms with van der Waals surface area (Å²) < 4.78 is 35.7. The van der Waals surface area contributed by atoms with E-state index in [1.165, 1.54) is 0 Å². The minimum absolute atomic E-state index is 0. The average Bonchev–Trinajstić information content (AvgIpc) is 1.27. The summed E-state index contributed by atoms with van der Waals surface area (Å²) in [5.74, 6) is 0. The molecule has 0 aliphatic carbocycles. The molecule has 0 aromatic heterocycles. The normalized spacial score (nSPS) is 12.8. The maximum atomic E-state index is 10.2. The third kappa shape index (κ3) is 306. The van der Waals surface area contributed by atoms with E-state index in [2.05, 4.69) is 0 Å². The van der Waals surface area contributed by atoms with E-state index < -0.39 is 24.1 Å². The molecule has 1 unspecified atom stereocenters. The van der Waals surface area contributed by atoms with E-state index in [9.17, 15) is 4.20 Å². The molecule has 0 amide bonds. The van der Waals surface area contributed by atoms with Crippen LogP contribution in [0, 0.1) is 0 Å². The third-order valence-corrected chi connectivity index (χ3v) is 0. The number of halogens is 1. The van der Waals surface area contributed by atoms with Crippen molar-refractivity contribution in [1.29, 1.82) is 0 Å². The van der Waals surface area contributed by atoms with Gasteiger partial charge in [-0.05, 0) is 0 Å². The molecule has 9 heteroatoms. The number of hydrogen-bond acceptors (Lipinski definition) is 4. The molecular weight excluding hydrogens is 204 g/mol. The van der Waals surface area contributed by atoms with Crippen LogP contribution in [0.2, 0.25) is 0 Å². The molecule has 1 atom stereocenters. The minimum atomic E-state index is -5.39. The summed E-state index contributed by atoms with van der Waals surface area (Å²) in [4.78, 5) is 15.4. The van der Waals surface area contributed by atoms with Crippen molar-refractivity contribution in [2.24, 2.45) is 0 Å². The monoisotopic (exact) mass is 205 g/mol. The Morgan fingerprint density at radius 2 is 1.56 bits per heavy atom. The zero-order valence-electron chi connectivity index (χ0n) is 4.35. The second kappa shape index (κ2) is 9.26. The van der Waals surface area contributed by atoms with Crippen LogP contribution in [0.25, 0.3) is 0 Å². The van der Waals surface area contributed by atoms with Gasteiger partial charge in [0.15, 0.2) is 0 Å². The molecule has 0 radical (unpaired) electrons. The molecule has 0 aliphatic rings. The van der Waals surface area contributed by atoms with E-state index >= 15 is 0 Å². The van der Waals surface area contributed by atoms with Crippen molar-refractivity contribution >= 4 is 7.91 Å². The first kappa shape index (κ1) is 16.7. The van der Waals surface area contributed by atoms with Crippen molar-refractivity contribution in [1.82, 2.24) is 0 Å². The van der Waals surface area contributed by atoms with E-state index in [0.29, 0.717) is 0 Å². The van der Waals surface area contributed by atoms with Gasteiger partial charge >= 0.3 is 61.0 Å². The molecule has 9 heavy (non-hydrogen) atoms. The molecule has 1 N–H and O–H groups in total. The molecule has 0 saturated carbocycles. The molecule has 0 aromatic carbocycles. The Labute approximate surface area is 79.1 Å². The zero-order valence-corrected chi connectivity index (χ0v) is 8.64. The summed E-state index contributed by atoms with van der Waals surface area (Å²) in [6.07, 6.45) is 0. The van der Waals surface area contributed by atoms with Crippen LogP contribution in [0.3, 0.4) is 0 Å². The van der Waals surface area contributed by atoms with Crippen LogP contribution >= 0.6 is 7.91 Å². The van der Waals surface area contributed by atoms with Gasteiger partial charge in [-0.1, -0.05) is 0 Å². The van der Waals surface area contributed by atoms with Gasteiger partial charge in [0.05, 0.1) is 0 Å².